The molecule has 0 radical (unpaired) electrons. The summed E-state index contributed by atoms with van der Waals surface area (Å²) < 4.78 is 0. The first kappa shape index (κ1) is 14.3. The van der Waals surface area contributed by atoms with Crippen molar-refractivity contribution in [3.8, 4) is 0 Å². The molecule has 2 rings (SSSR count). The van der Waals surface area contributed by atoms with Crippen LogP contribution in [-0.4, -0.2) is 12.5 Å². The molecule has 3 N–H and O–H groups in total. The Labute approximate surface area is 119 Å². The third-order valence-electron chi connectivity index (χ3n) is 3.43. The van der Waals surface area contributed by atoms with Gasteiger partial charge < -0.3 is 11.1 Å². The molecular weight excluding hydrogens is 248 g/mol. The van der Waals surface area contributed by atoms with Gasteiger partial charge in [0.1, 0.15) is 0 Å². The Kier molecular flexibility index (Phi) is 4.91. The third-order valence-corrected chi connectivity index (χ3v) is 3.43. The molecule has 2 aromatic rings. The maximum absolute atomic E-state index is 11.3. The Hall–Kier alpha value is -2.13. The van der Waals surface area contributed by atoms with Crippen LogP contribution in [0, 0.1) is 6.92 Å². The minimum absolute atomic E-state index is 0.374. The molecule has 0 saturated carbocycles. The zero-order valence-corrected chi connectivity index (χ0v) is 11.7. The first-order valence-electron chi connectivity index (χ1n) is 6.81. The van der Waals surface area contributed by atoms with Crippen molar-refractivity contribution < 1.29 is 4.79 Å². The molecule has 2 aromatic carbocycles. The molecule has 20 heavy (non-hydrogen) atoms. The zero-order chi connectivity index (χ0) is 14.4. The highest BCUT2D eigenvalue weighted by Gasteiger charge is 2.06. The lowest BCUT2D eigenvalue weighted by Crippen LogP contribution is -2.21. The van der Waals surface area contributed by atoms with Gasteiger partial charge in [0.2, 0.25) is 5.91 Å². The van der Waals surface area contributed by atoms with E-state index in [4.69, 9.17) is 5.73 Å². The average Bonchev–Trinajstić information content (AvgIpc) is 2.45. The van der Waals surface area contributed by atoms with Crippen molar-refractivity contribution in [2.45, 2.75) is 19.9 Å². The van der Waals surface area contributed by atoms with Gasteiger partial charge in [-0.25, -0.2) is 0 Å². The van der Waals surface area contributed by atoms with Crippen LogP contribution in [0.4, 0.5) is 0 Å². The Morgan fingerprint density at radius 3 is 2.40 bits per heavy atom. The van der Waals surface area contributed by atoms with Gasteiger partial charge in [-0.15, -0.1) is 0 Å². The Morgan fingerprint density at radius 2 is 1.70 bits per heavy atom. The van der Waals surface area contributed by atoms with Crippen molar-refractivity contribution in [2.24, 2.45) is 5.73 Å². The van der Waals surface area contributed by atoms with Gasteiger partial charge in [0, 0.05) is 12.1 Å². The number of carbonyl (C=O) groups is 1. The summed E-state index contributed by atoms with van der Waals surface area (Å²) in [6.07, 6.45) is 0.978. The Bertz CT molecular complexity index is 593. The first-order valence-corrected chi connectivity index (χ1v) is 6.81. The standard InChI is InChI=1S/C17H20N2O/c1-13-6-2-3-7-14(13)10-11-19-12-15-8-4-5-9-16(15)17(18)20/h2-9,19H,10-12H2,1H3,(H2,18,20). The number of hydrogen-bond acceptors (Lipinski definition) is 2. The fraction of sp³-hybridized carbons (Fsp3) is 0.235. The first-order chi connectivity index (χ1) is 9.68. The quantitative estimate of drug-likeness (QED) is 0.791. The van der Waals surface area contributed by atoms with E-state index in [2.05, 4.69) is 36.5 Å². The largest absolute Gasteiger partial charge is 0.366 e. The number of carbonyl (C=O) groups excluding carboxylic acids is 1. The van der Waals surface area contributed by atoms with Crippen LogP contribution in [0.2, 0.25) is 0 Å². The molecule has 0 spiro atoms. The lowest BCUT2D eigenvalue weighted by atomic mass is 10.1. The number of primary amides is 1. The molecule has 0 aliphatic rings. The van der Waals surface area contributed by atoms with Gasteiger partial charge >= 0.3 is 0 Å². The van der Waals surface area contributed by atoms with Crippen LogP contribution in [-0.2, 0) is 13.0 Å². The highest BCUT2D eigenvalue weighted by Crippen LogP contribution is 2.09. The highest BCUT2D eigenvalue weighted by atomic mass is 16.1. The summed E-state index contributed by atoms with van der Waals surface area (Å²) >= 11 is 0. The smallest absolute Gasteiger partial charge is 0.249 e. The topological polar surface area (TPSA) is 55.1 Å². The molecular formula is C17H20N2O. The van der Waals surface area contributed by atoms with E-state index in [0.29, 0.717) is 12.1 Å². The molecule has 0 bridgehead atoms. The predicted octanol–water partition coefficient (Wildman–Crippen LogP) is 2.43. The summed E-state index contributed by atoms with van der Waals surface area (Å²) in [6, 6.07) is 15.8. The van der Waals surface area contributed by atoms with Crippen molar-refractivity contribution in [3.05, 3.63) is 70.8 Å². The summed E-state index contributed by atoms with van der Waals surface area (Å²) in [5, 5.41) is 3.36. The number of nitrogens with two attached hydrogens (primary N) is 1. The van der Waals surface area contributed by atoms with Crippen LogP contribution in [0.15, 0.2) is 48.5 Å². The van der Waals surface area contributed by atoms with Crippen LogP contribution in [0.25, 0.3) is 0 Å². The van der Waals surface area contributed by atoms with Crippen LogP contribution in [0.3, 0.4) is 0 Å². The minimum Gasteiger partial charge on any atom is -0.366 e. The predicted molar refractivity (Wildman–Crippen MR) is 81.5 cm³/mol. The fourth-order valence-corrected chi connectivity index (χ4v) is 2.25. The molecule has 3 heteroatoms. The van der Waals surface area contributed by atoms with Crippen molar-refractivity contribution >= 4 is 5.91 Å². The Balaban J connectivity index is 1.88. The van der Waals surface area contributed by atoms with E-state index in [-0.39, 0.29) is 5.91 Å². The SMILES string of the molecule is Cc1ccccc1CCNCc1ccccc1C(N)=O. The maximum Gasteiger partial charge on any atom is 0.249 e. The summed E-state index contributed by atoms with van der Waals surface area (Å²) in [7, 11) is 0. The van der Waals surface area contributed by atoms with Crippen molar-refractivity contribution in [2.75, 3.05) is 6.54 Å². The molecule has 0 aliphatic heterocycles. The molecule has 0 unspecified atom stereocenters. The molecule has 0 aliphatic carbocycles. The van der Waals surface area contributed by atoms with Gasteiger partial charge in [-0.2, -0.15) is 0 Å². The van der Waals surface area contributed by atoms with E-state index in [1.54, 1.807) is 6.07 Å². The monoisotopic (exact) mass is 268 g/mol. The molecule has 0 fully saturated rings. The lowest BCUT2D eigenvalue weighted by molar-refractivity contribution is 0.0999. The van der Waals surface area contributed by atoms with E-state index >= 15 is 0 Å². The fourth-order valence-electron chi connectivity index (χ4n) is 2.25. The lowest BCUT2D eigenvalue weighted by Gasteiger charge is -2.09. The number of rotatable bonds is 6. The van der Waals surface area contributed by atoms with Crippen molar-refractivity contribution in [3.63, 3.8) is 0 Å². The Morgan fingerprint density at radius 1 is 1.05 bits per heavy atom. The number of hydrogen-bond donors (Lipinski definition) is 2. The molecule has 104 valence electrons. The second-order valence-corrected chi connectivity index (χ2v) is 4.87. The van der Waals surface area contributed by atoms with Gasteiger partial charge in [-0.1, -0.05) is 42.5 Å². The van der Waals surface area contributed by atoms with Crippen LogP contribution in [0.1, 0.15) is 27.0 Å². The molecule has 1 amide bonds. The number of benzene rings is 2. The summed E-state index contributed by atoms with van der Waals surface area (Å²) in [5.74, 6) is -0.374. The third kappa shape index (κ3) is 3.68. The van der Waals surface area contributed by atoms with Gasteiger partial charge in [-0.3, -0.25) is 4.79 Å². The summed E-state index contributed by atoms with van der Waals surface area (Å²) in [6.45, 7) is 3.65. The van der Waals surface area contributed by atoms with Gasteiger partial charge in [0.25, 0.3) is 0 Å². The van der Waals surface area contributed by atoms with Crippen molar-refractivity contribution in [1.82, 2.24) is 5.32 Å². The molecule has 0 atom stereocenters. The second-order valence-electron chi connectivity index (χ2n) is 4.87. The van der Waals surface area contributed by atoms with E-state index in [0.717, 1.165) is 18.5 Å². The number of amides is 1. The number of nitrogens with one attached hydrogen (secondary N) is 1. The van der Waals surface area contributed by atoms with Crippen LogP contribution >= 0.6 is 0 Å². The number of aryl methyl sites for hydroxylation is 1. The highest BCUT2D eigenvalue weighted by molar-refractivity contribution is 5.94. The van der Waals surface area contributed by atoms with E-state index < -0.39 is 0 Å². The normalized spacial score (nSPS) is 10.4. The summed E-state index contributed by atoms with van der Waals surface area (Å²) in [4.78, 5) is 11.3. The second kappa shape index (κ2) is 6.87. The van der Waals surface area contributed by atoms with Gasteiger partial charge in [0.15, 0.2) is 0 Å². The van der Waals surface area contributed by atoms with Crippen LogP contribution in [0.5, 0.6) is 0 Å². The molecule has 0 saturated heterocycles. The molecule has 3 nitrogen and oxygen atoms in total. The van der Waals surface area contributed by atoms with Gasteiger partial charge in [-0.05, 0) is 42.6 Å². The van der Waals surface area contributed by atoms with Crippen LogP contribution < -0.4 is 11.1 Å². The summed E-state index contributed by atoms with van der Waals surface area (Å²) in [5.41, 5.74) is 9.57. The maximum atomic E-state index is 11.3. The zero-order valence-electron chi connectivity index (χ0n) is 11.7. The van der Waals surface area contributed by atoms with E-state index in [1.165, 1.54) is 11.1 Å². The van der Waals surface area contributed by atoms with Crippen molar-refractivity contribution in [1.29, 1.82) is 0 Å². The molecule has 0 heterocycles. The van der Waals surface area contributed by atoms with Gasteiger partial charge in [0.05, 0.1) is 0 Å². The molecule has 0 aromatic heterocycles. The van der Waals surface area contributed by atoms with E-state index in [1.807, 2.05) is 18.2 Å². The average molecular weight is 268 g/mol. The minimum atomic E-state index is -0.374. The van der Waals surface area contributed by atoms with E-state index in [9.17, 15) is 4.79 Å².